The Labute approximate surface area is 187 Å². The lowest BCUT2D eigenvalue weighted by Crippen LogP contribution is -2.27. The van der Waals surface area contributed by atoms with Crippen molar-refractivity contribution in [2.24, 2.45) is 0 Å². The first-order valence-corrected chi connectivity index (χ1v) is 11.4. The number of nitrogens with zero attached hydrogens (tertiary/aromatic N) is 3. The standard InChI is InChI=1S/C22H22BrN5OS/c1-15-6-2-3-8-17(15)19-13-20(28-22(27-19)18(23)14-26-28)24-9-5-10-25-21(29)12-16-7-4-11-30-16/h2-4,6-8,11,13-14,24H,5,9-10,12H2,1H3,(H,25,29). The number of thiophene rings is 1. The monoisotopic (exact) mass is 483 g/mol. The zero-order valence-electron chi connectivity index (χ0n) is 16.6. The van der Waals surface area contributed by atoms with E-state index in [1.807, 2.05) is 35.7 Å². The fourth-order valence-corrected chi connectivity index (χ4v) is 4.28. The highest BCUT2D eigenvalue weighted by Gasteiger charge is 2.12. The van der Waals surface area contributed by atoms with Crippen molar-refractivity contribution in [2.45, 2.75) is 19.8 Å². The molecule has 4 aromatic rings. The minimum atomic E-state index is 0.0570. The lowest BCUT2D eigenvalue weighted by Gasteiger charge is -2.12. The number of aromatic nitrogens is 3. The number of benzene rings is 1. The van der Waals surface area contributed by atoms with E-state index in [2.05, 4.69) is 50.7 Å². The summed E-state index contributed by atoms with van der Waals surface area (Å²) in [6.45, 7) is 3.42. The van der Waals surface area contributed by atoms with Crippen molar-refractivity contribution in [3.8, 4) is 11.3 Å². The summed E-state index contributed by atoms with van der Waals surface area (Å²) in [5, 5.41) is 12.8. The normalized spacial score (nSPS) is 11.0. The van der Waals surface area contributed by atoms with Crippen LogP contribution in [0.15, 0.2) is 58.5 Å². The predicted molar refractivity (Wildman–Crippen MR) is 125 cm³/mol. The number of hydrogen-bond donors (Lipinski definition) is 2. The van der Waals surface area contributed by atoms with E-state index in [4.69, 9.17) is 4.98 Å². The molecule has 0 aliphatic heterocycles. The average molecular weight is 484 g/mol. The summed E-state index contributed by atoms with van der Waals surface area (Å²) in [7, 11) is 0. The van der Waals surface area contributed by atoms with E-state index in [1.165, 1.54) is 5.56 Å². The summed E-state index contributed by atoms with van der Waals surface area (Å²) < 4.78 is 2.64. The van der Waals surface area contributed by atoms with Crippen molar-refractivity contribution < 1.29 is 4.79 Å². The molecule has 0 radical (unpaired) electrons. The molecule has 30 heavy (non-hydrogen) atoms. The van der Waals surface area contributed by atoms with Crippen LogP contribution >= 0.6 is 27.3 Å². The molecule has 0 aliphatic carbocycles. The van der Waals surface area contributed by atoms with Gasteiger partial charge in [0.1, 0.15) is 5.82 Å². The third-order valence-corrected chi connectivity index (χ3v) is 6.18. The van der Waals surface area contributed by atoms with Crippen molar-refractivity contribution in [1.29, 1.82) is 0 Å². The number of amides is 1. The molecular formula is C22H22BrN5OS. The molecule has 0 atom stereocenters. The number of carbonyl (C=O) groups excluding carboxylic acids is 1. The molecule has 0 unspecified atom stereocenters. The van der Waals surface area contributed by atoms with Gasteiger partial charge in [-0.25, -0.2) is 4.98 Å². The first-order chi connectivity index (χ1) is 14.6. The van der Waals surface area contributed by atoms with E-state index >= 15 is 0 Å². The highest BCUT2D eigenvalue weighted by molar-refractivity contribution is 9.10. The van der Waals surface area contributed by atoms with Crippen LogP contribution in [0.2, 0.25) is 0 Å². The topological polar surface area (TPSA) is 71.3 Å². The number of aryl methyl sites for hydroxylation is 1. The van der Waals surface area contributed by atoms with Gasteiger partial charge in [-0.3, -0.25) is 4.79 Å². The highest BCUT2D eigenvalue weighted by atomic mass is 79.9. The fraction of sp³-hybridized carbons (Fsp3) is 0.227. The van der Waals surface area contributed by atoms with Crippen LogP contribution in [-0.4, -0.2) is 33.6 Å². The number of halogens is 1. The van der Waals surface area contributed by atoms with Crippen LogP contribution in [0, 0.1) is 6.92 Å². The van der Waals surface area contributed by atoms with E-state index in [0.717, 1.165) is 38.5 Å². The number of hydrogen-bond acceptors (Lipinski definition) is 5. The zero-order chi connectivity index (χ0) is 20.9. The van der Waals surface area contributed by atoms with E-state index in [-0.39, 0.29) is 5.91 Å². The van der Waals surface area contributed by atoms with Crippen molar-refractivity contribution in [2.75, 3.05) is 18.4 Å². The molecule has 2 N–H and O–H groups in total. The first kappa shape index (κ1) is 20.6. The van der Waals surface area contributed by atoms with Crippen LogP contribution in [0.5, 0.6) is 0 Å². The van der Waals surface area contributed by atoms with Crippen molar-refractivity contribution in [3.05, 3.63) is 69.0 Å². The number of nitrogens with one attached hydrogen (secondary N) is 2. The summed E-state index contributed by atoms with van der Waals surface area (Å²) in [6, 6.07) is 14.2. The van der Waals surface area contributed by atoms with Crippen LogP contribution in [0.3, 0.4) is 0 Å². The average Bonchev–Trinajstić information content (AvgIpc) is 3.38. The lowest BCUT2D eigenvalue weighted by molar-refractivity contribution is -0.120. The second kappa shape index (κ2) is 9.40. The Hall–Kier alpha value is -2.71. The van der Waals surface area contributed by atoms with Crippen LogP contribution < -0.4 is 10.6 Å². The van der Waals surface area contributed by atoms with Gasteiger partial charge in [-0.1, -0.05) is 30.3 Å². The van der Waals surface area contributed by atoms with Gasteiger partial charge >= 0.3 is 0 Å². The van der Waals surface area contributed by atoms with Crippen molar-refractivity contribution >= 4 is 44.6 Å². The summed E-state index contributed by atoms with van der Waals surface area (Å²) in [6.07, 6.45) is 3.00. The smallest absolute Gasteiger partial charge is 0.225 e. The number of rotatable bonds is 8. The Bertz CT molecular complexity index is 1160. The van der Waals surface area contributed by atoms with Gasteiger partial charge < -0.3 is 10.6 Å². The molecule has 8 heteroatoms. The predicted octanol–water partition coefficient (Wildman–Crippen LogP) is 4.69. The van der Waals surface area contributed by atoms with Gasteiger partial charge in [-0.2, -0.15) is 9.61 Å². The molecule has 0 aliphatic rings. The van der Waals surface area contributed by atoms with Gasteiger partial charge in [0, 0.05) is 29.6 Å². The van der Waals surface area contributed by atoms with Gasteiger partial charge in [-0.15, -0.1) is 11.3 Å². The molecule has 0 fully saturated rings. The van der Waals surface area contributed by atoms with Crippen molar-refractivity contribution in [3.63, 3.8) is 0 Å². The third-order valence-electron chi connectivity index (χ3n) is 4.75. The Morgan fingerprint density at radius 1 is 1.20 bits per heavy atom. The molecule has 3 aromatic heterocycles. The van der Waals surface area contributed by atoms with E-state index in [9.17, 15) is 4.79 Å². The van der Waals surface area contributed by atoms with Gasteiger partial charge in [0.2, 0.25) is 5.91 Å². The Kier molecular flexibility index (Phi) is 6.44. The van der Waals surface area contributed by atoms with Gasteiger partial charge in [0.25, 0.3) is 0 Å². The summed E-state index contributed by atoms with van der Waals surface area (Å²) in [4.78, 5) is 17.9. The Morgan fingerprint density at radius 3 is 2.87 bits per heavy atom. The van der Waals surface area contributed by atoms with Crippen LogP contribution in [-0.2, 0) is 11.2 Å². The molecular weight excluding hydrogens is 462 g/mol. The molecule has 6 nitrogen and oxygen atoms in total. The van der Waals surface area contributed by atoms with Crippen LogP contribution in [0.1, 0.15) is 16.9 Å². The molecule has 0 bridgehead atoms. The molecule has 3 heterocycles. The van der Waals surface area contributed by atoms with Crippen molar-refractivity contribution in [1.82, 2.24) is 19.9 Å². The maximum absolute atomic E-state index is 12.0. The lowest BCUT2D eigenvalue weighted by atomic mass is 10.1. The summed E-state index contributed by atoms with van der Waals surface area (Å²) >= 11 is 5.14. The Morgan fingerprint density at radius 2 is 2.07 bits per heavy atom. The summed E-state index contributed by atoms with van der Waals surface area (Å²) in [5.74, 6) is 0.926. The highest BCUT2D eigenvalue weighted by Crippen LogP contribution is 2.27. The molecule has 1 aromatic carbocycles. The largest absolute Gasteiger partial charge is 0.370 e. The molecule has 4 rings (SSSR count). The number of anilines is 1. The van der Waals surface area contributed by atoms with Crippen LogP contribution in [0.4, 0.5) is 5.82 Å². The van der Waals surface area contributed by atoms with E-state index in [1.54, 1.807) is 22.0 Å². The SMILES string of the molecule is Cc1ccccc1-c1cc(NCCCNC(=O)Cc2cccs2)n2ncc(Br)c2n1. The van der Waals surface area contributed by atoms with Crippen LogP contribution in [0.25, 0.3) is 16.9 Å². The fourth-order valence-electron chi connectivity index (χ4n) is 3.23. The third kappa shape index (κ3) is 4.71. The zero-order valence-corrected chi connectivity index (χ0v) is 19.0. The second-order valence-corrected chi connectivity index (χ2v) is 8.84. The maximum atomic E-state index is 12.0. The number of carbonyl (C=O) groups is 1. The molecule has 0 saturated heterocycles. The first-order valence-electron chi connectivity index (χ1n) is 9.75. The molecule has 1 amide bonds. The van der Waals surface area contributed by atoms with Gasteiger partial charge in [0.15, 0.2) is 5.65 Å². The van der Waals surface area contributed by atoms with E-state index in [0.29, 0.717) is 19.5 Å². The maximum Gasteiger partial charge on any atom is 0.225 e. The number of fused-ring (bicyclic) bond motifs is 1. The Balaban J connectivity index is 1.41. The minimum Gasteiger partial charge on any atom is -0.370 e. The molecule has 154 valence electrons. The quantitative estimate of drug-likeness (QED) is 0.356. The molecule has 0 saturated carbocycles. The van der Waals surface area contributed by atoms with Gasteiger partial charge in [0.05, 0.1) is 22.8 Å². The second-order valence-electron chi connectivity index (χ2n) is 6.96. The van der Waals surface area contributed by atoms with Gasteiger partial charge in [-0.05, 0) is 46.3 Å². The summed E-state index contributed by atoms with van der Waals surface area (Å²) in [5.41, 5.74) is 3.93. The van der Waals surface area contributed by atoms with E-state index < -0.39 is 0 Å². The molecule has 0 spiro atoms. The minimum absolute atomic E-state index is 0.0570.